The molecule has 0 saturated heterocycles. The molecule has 0 spiro atoms. The zero-order valence-corrected chi connectivity index (χ0v) is 12.6. The fourth-order valence-electron chi connectivity index (χ4n) is 2.75. The number of hydrogen-bond acceptors (Lipinski definition) is 0. The Kier molecular flexibility index (Phi) is 9.07. The van der Waals surface area contributed by atoms with Gasteiger partial charge in [-0.25, -0.2) is 0 Å². The Morgan fingerprint density at radius 1 is 0.625 bits per heavy atom. The van der Waals surface area contributed by atoms with E-state index in [1.54, 1.807) is 0 Å². The molecule has 98 valence electrons. The monoisotopic (exact) mass is 226 g/mol. The summed E-state index contributed by atoms with van der Waals surface area (Å²) in [7, 11) is 0. The Morgan fingerprint density at radius 2 is 1.25 bits per heavy atom. The first-order chi connectivity index (χ1) is 7.56. The van der Waals surface area contributed by atoms with Crippen LogP contribution in [0, 0.1) is 23.7 Å². The van der Waals surface area contributed by atoms with Crippen LogP contribution in [-0.2, 0) is 0 Å². The molecular formula is C16H34. The third-order valence-electron chi connectivity index (χ3n) is 4.68. The lowest BCUT2D eigenvalue weighted by Gasteiger charge is -2.25. The summed E-state index contributed by atoms with van der Waals surface area (Å²) in [4.78, 5) is 0. The predicted octanol–water partition coefficient (Wildman–Crippen LogP) is 5.91. The van der Waals surface area contributed by atoms with Gasteiger partial charge in [0, 0.05) is 0 Å². The van der Waals surface area contributed by atoms with E-state index in [-0.39, 0.29) is 0 Å². The molecule has 0 aliphatic rings. The van der Waals surface area contributed by atoms with Crippen molar-refractivity contribution in [1.82, 2.24) is 0 Å². The van der Waals surface area contributed by atoms with Crippen molar-refractivity contribution in [1.29, 1.82) is 0 Å². The fraction of sp³-hybridized carbons (Fsp3) is 1.00. The second kappa shape index (κ2) is 9.07. The van der Waals surface area contributed by atoms with Gasteiger partial charge in [-0.05, 0) is 30.1 Å². The third-order valence-corrected chi connectivity index (χ3v) is 4.68. The van der Waals surface area contributed by atoms with Gasteiger partial charge in [0.1, 0.15) is 0 Å². The first-order valence-electron chi connectivity index (χ1n) is 7.56. The summed E-state index contributed by atoms with van der Waals surface area (Å²) in [5.74, 6) is 3.71. The van der Waals surface area contributed by atoms with Crippen molar-refractivity contribution in [2.45, 2.75) is 80.1 Å². The van der Waals surface area contributed by atoms with Crippen LogP contribution in [0.25, 0.3) is 0 Å². The van der Waals surface area contributed by atoms with Crippen LogP contribution >= 0.6 is 0 Å². The molecule has 4 unspecified atom stereocenters. The van der Waals surface area contributed by atoms with Gasteiger partial charge in [-0.15, -0.1) is 0 Å². The van der Waals surface area contributed by atoms with Gasteiger partial charge in [0.25, 0.3) is 0 Å². The van der Waals surface area contributed by atoms with E-state index in [1.165, 1.54) is 38.5 Å². The maximum atomic E-state index is 2.45. The van der Waals surface area contributed by atoms with Crippen LogP contribution in [0.2, 0.25) is 0 Å². The molecule has 0 nitrogen and oxygen atoms in total. The lowest BCUT2D eigenvalue weighted by molar-refractivity contribution is 0.258. The largest absolute Gasteiger partial charge is 0.0654 e. The first kappa shape index (κ1) is 16.0. The lowest BCUT2D eigenvalue weighted by Crippen LogP contribution is -2.14. The molecule has 0 heterocycles. The molecule has 0 aromatic carbocycles. The molecule has 16 heavy (non-hydrogen) atoms. The quantitative estimate of drug-likeness (QED) is 0.458. The topological polar surface area (TPSA) is 0 Å². The molecule has 0 aliphatic heterocycles. The minimum Gasteiger partial charge on any atom is -0.0654 e. The summed E-state index contributed by atoms with van der Waals surface area (Å²) < 4.78 is 0. The summed E-state index contributed by atoms with van der Waals surface area (Å²) in [6.07, 6.45) is 8.34. The summed E-state index contributed by atoms with van der Waals surface area (Å²) >= 11 is 0. The van der Waals surface area contributed by atoms with E-state index in [4.69, 9.17) is 0 Å². The van der Waals surface area contributed by atoms with E-state index in [0.717, 1.165) is 23.7 Å². The van der Waals surface area contributed by atoms with Crippen molar-refractivity contribution in [2.75, 3.05) is 0 Å². The SMILES string of the molecule is CCCC(C)C(CC)CCC(C)C(C)CC. The Morgan fingerprint density at radius 3 is 1.69 bits per heavy atom. The highest BCUT2D eigenvalue weighted by molar-refractivity contribution is 4.68. The molecule has 0 aromatic rings. The molecule has 0 aliphatic carbocycles. The molecule has 0 saturated carbocycles. The van der Waals surface area contributed by atoms with Crippen molar-refractivity contribution in [2.24, 2.45) is 23.7 Å². The van der Waals surface area contributed by atoms with Crippen molar-refractivity contribution < 1.29 is 0 Å². The molecule has 0 amide bonds. The Balaban J connectivity index is 3.94. The van der Waals surface area contributed by atoms with Crippen molar-refractivity contribution in [3.05, 3.63) is 0 Å². The van der Waals surface area contributed by atoms with Gasteiger partial charge in [0.2, 0.25) is 0 Å². The number of hydrogen-bond donors (Lipinski definition) is 0. The van der Waals surface area contributed by atoms with Gasteiger partial charge >= 0.3 is 0 Å². The zero-order chi connectivity index (χ0) is 12.6. The molecule has 0 N–H and O–H groups in total. The summed E-state index contributed by atoms with van der Waals surface area (Å²) in [6, 6.07) is 0. The summed E-state index contributed by atoms with van der Waals surface area (Å²) in [6.45, 7) is 14.3. The molecular weight excluding hydrogens is 192 g/mol. The number of rotatable bonds is 9. The second-order valence-corrected chi connectivity index (χ2v) is 5.87. The average Bonchev–Trinajstić information content (AvgIpc) is 2.28. The molecule has 0 radical (unpaired) electrons. The third kappa shape index (κ3) is 5.92. The average molecular weight is 226 g/mol. The standard InChI is InChI=1S/C16H34/c1-7-10-15(6)16(9-3)12-11-14(5)13(4)8-2/h13-16H,7-12H2,1-6H3. The maximum Gasteiger partial charge on any atom is -0.0391 e. The maximum absolute atomic E-state index is 2.45. The van der Waals surface area contributed by atoms with Crippen molar-refractivity contribution in [3.63, 3.8) is 0 Å². The van der Waals surface area contributed by atoms with Gasteiger partial charge in [0.05, 0.1) is 0 Å². The molecule has 0 aromatic heterocycles. The van der Waals surface area contributed by atoms with Crippen LogP contribution in [-0.4, -0.2) is 0 Å². The van der Waals surface area contributed by atoms with E-state index in [2.05, 4.69) is 41.5 Å². The summed E-state index contributed by atoms with van der Waals surface area (Å²) in [5, 5.41) is 0. The highest BCUT2D eigenvalue weighted by Crippen LogP contribution is 2.29. The Labute approximate surface area is 104 Å². The van der Waals surface area contributed by atoms with Gasteiger partial charge in [-0.2, -0.15) is 0 Å². The second-order valence-electron chi connectivity index (χ2n) is 5.87. The molecule has 0 rings (SSSR count). The van der Waals surface area contributed by atoms with E-state index < -0.39 is 0 Å². The van der Waals surface area contributed by atoms with E-state index >= 15 is 0 Å². The predicted molar refractivity (Wildman–Crippen MR) is 75.7 cm³/mol. The van der Waals surface area contributed by atoms with Crippen LogP contribution in [0.15, 0.2) is 0 Å². The van der Waals surface area contributed by atoms with E-state index in [0.29, 0.717) is 0 Å². The van der Waals surface area contributed by atoms with Crippen molar-refractivity contribution in [3.8, 4) is 0 Å². The smallest absolute Gasteiger partial charge is 0.0391 e. The minimum atomic E-state index is 0.902. The van der Waals surface area contributed by atoms with Gasteiger partial charge in [-0.1, -0.05) is 73.6 Å². The zero-order valence-electron chi connectivity index (χ0n) is 12.6. The van der Waals surface area contributed by atoms with Crippen LogP contribution < -0.4 is 0 Å². The Hall–Kier alpha value is 0. The van der Waals surface area contributed by atoms with Crippen LogP contribution in [0.5, 0.6) is 0 Å². The van der Waals surface area contributed by atoms with Gasteiger partial charge in [-0.3, -0.25) is 0 Å². The van der Waals surface area contributed by atoms with Gasteiger partial charge < -0.3 is 0 Å². The molecule has 0 fully saturated rings. The van der Waals surface area contributed by atoms with E-state index in [9.17, 15) is 0 Å². The normalized spacial score (nSPS) is 19.1. The van der Waals surface area contributed by atoms with Crippen molar-refractivity contribution >= 4 is 0 Å². The van der Waals surface area contributed by atoms with Crippen LogP contribution in [0.3, 0.4) is 0 Å². The molecule has 0 heteroatoms. The first-order valence-corrected chi connectivity index (χ1v) is 7.56. The molecule has 0 bridgehead atoms. The van der Waals surface area contributed by atoms with Crippen LogP contribution in [0.1, 0.15) is 80.1 Å². The highest BCUT2D eigenvalue weighted by Gasteiger charge is 2.17. The van der Waals surface area contributed by atoms with Crippen LogP contribution in [0.4, 0.5) is 0 Å². The minimum absolute atomic E-state index is 0.902. The summed E-state index contributed by atoms with van der Waals surface area (Å²) in [5.41, 5.74) is 0. The van der Waals surface area contributed by atoms with Gasteiger partial charge in [0.15, 0.2) is 0 Å². The fourth-order valence-corrected chi connectivity index (χ4v) is 2.75. The molecule has 4 atom stereocenters. The lowest BCUT2D eigenvalue weighted by atomic mass is 9.80. The Bertz CT molecular complexity index is 150. The van der Waals surface area contributed by atoms with E-state index in [1.807, 2.05) is 0 Å². The highest BCUT2D eigenvalue weighted by atomic mass is 14.2.